The molecular formula is C48H55F4N9O4. The maximum atomic E-state index is 14.0. The highest BCUT2D eigenvalue weighted by Gasteiger charge is 2.35. The van der Waals surface area contributed by atoms with E-state index in [9.17, 15) is 36.7 Å². The normalized spacial score (nSPS) is 17.5. The molecule has 0 bridgehead atoms. The van der Waals surface area contributed by atoms with Crippen molar-refractivity contribution in [2.75, 3.05) is 46.8 Å². The van der Waals surface area contributed by atoms with Crippen LogP contribution in [0, 0.1) is 11.6 Å². The van der Waals surface area contributed by atoms with Gasteiger partial charge in [-0.2, -0.15) is 10.2 Å². The van der Waals surface area contributed by atoms with Gasteiger partial charge in [0.05, 0.1) is 29.2 Å². The van der Waals surface area contributed by atoms with Crippen LogP contribution in [-0.4, -0.2) is 116 Å². The number of para-hydroxylation sites is 1. The van der Waals surface area contributed by atoms with E-state index in [2.05, 4.69) is 20.5 Å². The van der Waals surface area contributed by atoms with Gasteiger partial charge in [0.15, 0.2) is 0 Å². The van der Waals surface area contributed by atoms with Crippen molar-refractivity contribution in [2.24, 2.45) is 7.05 Å². The molecule has 6 heterocycles. The fraction of sp³-hybridized carbons (Fsp3) is 0.417. The number of halogens is 4. The number of aromatic amines is 1. The van der Waals surface area contributed by atoms with E-state index < -0.39 is 23.5 Å². The Kier molecular flexibility index (Phi) is 14.8. The molecule has 17 heteroatoms. The number of nitrogens with zero attached hydrogens (tertiary/aromatic N) is 7. The van der Waals surface area contributed by atoms with Crippen molar-refractivity contribution in [3.63, 3.8) is 0 Å². The predicted octanol–water partition coefficient (Wildman–Crippen LogP) is 7.47. The molecule has 1 unspecified atom stereocenters. The maximum Gasteiger partial charge on any atom is 0.269 e. The molecular weight excluding hydrogens is 843 g/mol. The predicted molar refractivity (Wildman–Crippen MR) is 239 cm³/mol. The molecule has 344 valence electrons. The summed E-state index contributed by atoms with van der Waals surface area (Å²) in [5.41, 5.74) is 4.01. The first-order chi connectivity index (χ1) is 31.2. The van der Waals surface area contributed by atoms with Gasteiger partial charge in [0.25, 0.3) is 11.8 Å². The van der Waals surface area contributed by atoms with Crippen LogP contribution < -0.4 is 5.32 Å². The van der Waals surface area contributed by atoms with Gasteiger partial charge in [0, 0.05) is 95.3 Å². The van der Waals surface area contributed by atoms with Crippen molar-refractivity contribution < 1.29 is 36.7 Å². The number of aromatic nitrogens is 5. The second-order valence-corrected chi connectivity index (χ2v) is 17.0. The van der Waals surface area contributed by atoms with Crippen molar-refractivity contribution in [1.29, 1.82) is 0 Å². The lowest BCUT2D eigenvalue weighted by molar-refractivity contribution is -0.134. The summed E-state index contributed by atoms with van der Waals surface area (Å²) in [6.07, 6.45) is 9.67. The van der Waals surface area contributed by atoms with Gasteiger partial charge < -0.3 is 14.8 Å². The summed E-state index contributed by atoms with van der Waals surface area (Å²) in [5, 5.41) is 12.4. The molecule has 9 rings (SSSR count). The number of benzene rings is 3. The largest absolute Gasteiger partial charge is 0.348 e. The zero-order chi connectivity index (χ0) is 46.3. The van der Waals surface area contributed by atoms with Crippen LogP contribution in [0.1, 0.15) is 79.0 Å². The quantitative estimate of drug-likeness (QED) is 0.113. The number of nitrogens with one attached hydrogen (secondary N) is 2. The number of fused-ring (bicyclic) bond motifs is 2. The van der Waals surface area contributed by atoms with E-state index in [-0.39, 0.29) is 47.8 Å². The van der Waals surface area contributed by atoms with Crippen molar-refractivity contribution in [3.8, 4) is 11.1 Å². The Bertz CT molecular complexity index is 2640. The summed E-state index contributed by atoms with van der Waals surface area (Å²) in [5.74, 6) is -4.48. The Hall–Kier alpha value is -6.36. The fourth-order valence-corrected chi connectivity index (χ4v) is 8.78. The first-order valence-electron chi connectivity index (χ1n) is 22.1. The highest BCUT2D eigenvalue weighted by Crippen LogP contribution is 2.34. The minimum Gasteiger partial charge on any atom is -0.348 e. The highest BCUT2D eigenvalue weighted by molar-refractivity contribution is 6.04. The van der Waals surface area contributed by atoms with Crippen LogP contribution in [0.4, 0.5) is 17.6 Å². The van der Waals surface area contributed by atoms with E-state index in [0.29, 0.717) is 73.9 Å². The summed E-state index contributed by atoms with van der Waals surface area (Å²) in [7, 11) is 5.06. The van der Waals surface area contributed by atoms with Crippen LogP contribution in [0.5, 0.6) is 0 Å². The molecule has 3 aliphatic heterocycles. The smallest absolute Gasteiger partial charge is 0.269 e. The summed E-state index contributed by atoms with van der Waals surface area (Å²) < 4.78 is 58.9. The zero-order valence-electron chi connectivity index (χ0n) is 37.0. The molecule has 1 atom stereocenters. The zero-order valence-corrected chi connectivity index (χ0v) is 37.0. The van der Waals surface area contributed by atoms with Gasteiger partial charge in [-0.05, 0) is 80.5 Å². The number of hydrogen-bond acceptors (Lipinski definition) is 7. The van der Waals surface area contributed by atoms with Crippen LogP contribution in [0.15, 0.2) is 79.1 Å². The van der Waals surface area contributed by atoms with Crippen LogP contribution in [0.25, 0.3) is 32.9 Å². The average Bonchev–Trinajstić information content (AvgIpc) is 4.06. The minimum atomic E-state index is -2.60. The lowest BCUT2D eigenvalue weighted by Crippen LogP contribution is -2.43. The highest BCUT2D eigenvalue weighted by atomic mass is 19.3. The Balaban J connectivity index is 0.000000152. The van der Waals surface area contributed by atoms with Gasteiger partial charge in [-0.25, -0.2) is 17.6 Å². The van der Waals surface area contributed by atoms with E-state index in [1.165, 1.54) is 29.5 Å². The van der Waals surface area contributed by atoms with Gasteiger partial charge >= 0.3 is 0 Å². The van der Waals surface area contributed by atoms with Crippen molar-refractivity contribution in [2.45, 2.75) is 76.2 Å². The second-order valence-electron chi connectivity index (χ2n) is 17.0. The molecule has 3 fully saturated rings. The molecule has 3 saturated heterocycles. The minimum absolute atomic E-state index is 0.0316. The van der Waals surface area contributed by atoms with Crippen molar-refractivity contribution in [1.82, 2.24) is 44.6 Å². The van der Waals surface area contributed by atoms with Crippen LogP contribution >= 0.6 is 0 Å². The summed E-state index contributed by atoms with van der Waals surface area (Å²) in [4.78, 5) is 55.5. The Morgan fingerprint density at radius 3 is 2.37 bits per heavy atom. The number of hydrogen-bond donors (Lipinski definition) is 2. The molecule has 2 N–H and O–H groups in total. The summed E-state index contributed by atoms with van der Waals surface area (Å²) >= 11 is 0. The first kappa shape index (κ1) is 46.6. The molecule has 0 saturated carbocycles. The van der Waals surface area contributed by atoms with Crippen LogP contribution in [-0.2, 0) is 34.4 Å². The number of imide groups is 1. The lowest BCUT2D eigenvalue weighted by Gasteiger charge is -2.32. The number of amides is 4. The van der Waals surface area contributed by atoms with Crippen LogP contribution in [0.2, 0.25) is 0 Å². The van der Waals surface area contributed by atoms with E-state index in [1.807, 2.05) is 52.0 Å². The number of alkyl halides is 2. The Labute approximate surface area is 374 Å². The number of aryl methyl sites for hydroxylation is 2. The molecule has 3 aromatic carbocycles. The molecule has 4 amide bonds. The van der Waals surface area contributed by atoms with Gasteiger partial charge in [0.1, 0.15) is 17.3 Å². The van der Waals surface area contributed by atoms with E-state index in [4.69, 9.17) is 0 Å². The monoisotopic (exact) mass is 897 g/mol. The van der Waals surface area contributed by atoms with E-state index >= 15 is 0 Å². The van der Waals surface area contributed by atoms with Gasteiger partial charge in [-0.15, -0.1) is 0 Å². The van der Waals surface area contributed by atoms with Gasteiger partial charge in [-0.1, -0.05) is 42.5 Å². The molecule has 65 heavy (non-hydrogen) atoms. The molecule has 6 aromatic rings. The van der Waals surface area contributed by atoms with Gasteiger partial charge in [0.2, 0.25) is 17.7 Å². The van der Waals surface area contributed by atoms with E-state index in [1.54, 1.807) is 49.2 Å². The van der Waals surface area contributed by atoms with Crippen molar-refractivity contribution in [3.05, 3.63) is 108 Å². The number of rotatable bonds is 9. The third kappa shape index (κ3) is 11.3. The molecule has 3 aromatic heterocycles. The second kappa shape index (κ2) is 20.6. The SMILES string of the molecule is CN(C)C(=O)c1cc2c(-c3ccccc3F)ccc(F)c2[nH]1.Cn1nc(C2CCC(=O)NC2=O)c2cccc(CCN3CCCC(F)(F)C3)c21.O=C(CCn1cccn1)N1CCCCC1. The topological polar surface area (TPSA) is 141 Å². The fourth-order valence-electron chi connectivity index (χ4n) is 8.78. The number of carbonyl (C=O) groups is 4. The standard InChI is InChI=1S/C20H24F2N4O2.C17H14F2N2O.C11H17N3O/c1-25-18-13(8-11-26-10-3-9-20(21,22)12-26)4-2-5-14(18)17(24-25)15-6-7-16(27)23-19(15)28;1-21(2)17(22)15-9-12-10(7-8-14(19)16(12)20-15)11-5-3-4-6-13(11)18;15-11(13-7-2-1-3-8-13)5-10-14-9-4-6-12-14/h2,4-5,15H,3,6-12H2,1H3,(H,23,27,28);3-9,20H,1-2H3;4,6,9H,1-3,5,7-8,10H2. The summed E-state index contributed by atoms with van der Waals surface area (Å²) in [6.45, 7) is 3.65. The average molecular weight is 898 g/mol. The molecule has 3 aliphatic rings. The molecule has 0 aliphatic carbocycles. The summed E-state index contributed by atoms with van der Waals surface area (Å²) in [6, 6.07) is 18.3. The third-order valence-electron chi connectivity index (χ3n) is 12.1. The lowest BCUT2D eigenvalue weighted by atomic mass is 9.92. The molecule has 0 radical (unpaired) electrons. The number of likely N-dealkylation sites (tertiary alicyclic amines) is 2. The third-order valence-corrected chi connectivity index (χ3v) is 12.1. The van der Waals surface area contributed by atoms with Crippen LogP contribution in [0.3, 0.4) is 0 Å². The Morgan fingerprint density at radius 2 is 1.66 bits per heavy atom. The van der Waals surface area contributed by atoms with E-state index in [0.717, 1.165) is 42.4 Å². The Morgan fingerprint density at radius 1 is 0.877 bits per heavy atom. The first-order valence-corrected chi connectivity index (χ1v) is 22.1. The number of H-pyrrole nitrogens is 1. The maximum absolute atomic E-state index is 14.0. The van der Waals surface area contributed by atoms with Gasteiger partial charge in [-0.3, -0.25) is 38.8 Å². The number of carbonyl (C=O) groups excluding carboxylic acids is 4. The molecule has 13 nitrogen and oxygen atoms in total. The van der Waals surface area contributed by atoms with Crippen molar-refractivity contribution >= 4 is 45.4 Å². The molecule has 0 spiro atoms. The number of piperidine rings is 3.